The summed E-state index contributed by atoms with van der Waals surface area (Å²) < 4.78 is 15.6. The van der Waals surface area contributed by atoms with Crippen molar-refractivity contribution in [3.63, 3.8) is 0 Å². The first-order valence-corrected chi connectivity index (χ1v) is 9.82. The molecule has 3 heterocycles. The number of halogens is 3. The standard InChI is InChI=1S/C22H14Cl2FN3O3/c23-17-11-27(31)12-18(24)20(17)26-22(30)21(29)16-10-15(28-8-2-1-3-19(16)28)9-13-4-6-14(25)7-5-13/h1-8,10-12,31H,9H2. The summed E-state index contributed by atoms with van der Waals surface area (Å²) in [5.41, 5.74) is 2.30. The van der Waals surface area contributed by atoms with Crippen molar-refractivity contribution >= 4 is 40.4 Å². The van der Waals surface area contributed by atoms with Crippen molar-refractivity contribution < 1.29 is 19.2 Å². The fourth-order valence-corrected chi connectivity index (χ4v) is 3.77. The summed E-state index contributed by atoms with van der Waals surface area (Å²) in [7, 11) is 0. The highest BCUT2D eigenvalue weighted by Gasteiger charge is 2.22. The average Bonchev–Trinajstić information content (AvgIpc) is 3.10. The Kier molecular flexibility index (Phi) is 5.63. The van der Waals surface area contributed by atoms with E-state index in [1.165, 1.54) is 12.1 Å². The molecule has 0 atom stereocenters. The fourth-order valence-electron chi connectivity index (χ4n) is 3.23. The maximum Gasteiger partial charge on any atom is 0.318 e. The van der Waals surface area contributed by atoms with Crippen molar-refractivity contribution in [1.82, 2.24) is 9.13 Å². The number of aromatic nitrogens is 2. The Bertz CT molecular complexity index is 1370. The zero-order valence-corrected chi connectivity index (χ0v) is 17.3. The van der Waals surface area contributed by atoms with Gasteiger partial charge in [-0.25, -0.2) is 9.38 Å². The van der Waals surface area contributed by atoms with Crippen LogP contribution in [0, 0.1) is 5.82 Å². The zero-order chi connectivity index (χ0) is 22.1. The van der Waals surface area contributed by atoms with Gasteiger partial charge in [-0.2, -0.15) is 4.73 Å². The van der Waals surface area contributed by atoms with Crippen LogP contribution in [0.1, 0.15) is 21.6 Å². The number of carbonyl (C=O) groups is 2. The van der Waals surface area contributed by atoms with Crippen molar-refractivity contribution in [2.75, 3.05) is 0 Å². The monoisotopic (exact) mass is 457 g/mol. The van der Waals surface area contributed by atoms with Gasteiger partial charge >= 0.3 is 5.91 Å². The summed E-state index contributed by atoms with van der Waals surface area (Å²) in [6.07, 6.45) is 4.39. The van der Waals surface area contributed by atoms with Crippen LogP contribution in [0.15, 0.2) is 72.1 Å². The van der Waals surface area contributed by atoms with Crippen LogP contribution in [0.2, 0.25) is 10.0 Å². The van der Waals surface area contributed by atoms with E-state index in [2.05, 4.69) is 4.99 Å². The Labute approximate surface area is 185 Å². The predicted octanol–water partition coefficient (Wildman–Crippen LogP) is 4.33. The van der Waals surface area contributed by atoms with Gasteiger partial charge in [-0.15, -0.1) is 0 Å². The number of fused-ring (bicyclic) bond motifs is 1. The molecule has 0 spiro atoms. The number of hydrogen-bond acceptors (Lipinski definition) is 3. The third kappa shape index (κ3) is 4.23. The maximum atomic E-state index is 13.2. The lowest BCUT2D eigenvalue weighted by Gasteiger charge is -2.03. The van der Waals surface area contributed by atoms with E-state index in [4.69, 9.17) is 23.2 Å². The Morgan fingerprint density at radius 3 is 2.39 bits per heavy atom. The molecule has 9 heteroatoms. The van der Waals surface area contributed by atoms with Crippen LogP contribution in [0.5, 0.6) is 0 Å². The van der Waals surface area contributed by atoms with Crippen molar-refractivity contribution in [3.8, 4) is 0 Å². The van der Waals surface area contributed by atoms with Gasteiger partial charge < -0.3 is 9.61 Å². The van der Waals surface area contributed by atoms with Gasteiger partial charge in [0.25, 0.3) is 5.78 Å². The molecule has 6 nitrogen and oxygen atoms in total. The molecule has 0 aliphatic heterocycles. The summed E-state index contributed by atoms with van der Waals surface area (Å²) in [5, 5.41) is 9.14. The number of amides is 1. The maximum absolute atomic E-state index is 13.2. The van der Waals surface area contributed by atoms with Crippen molar-refractivity contribution in [1.29, 1.82) is 0 Å². The van der Waals surface area contributed by atoms with Gasteiger partial charge in [0.2, 0.25) is 0 Å². The second-order valence-electron chi connectivity index (χ2n) is 6.74. The van der Waals surface area contributed by atoms with E-state index in [1.807, 2.05) is 0 Å². The van der Waals surface area contributed by atoms with Crippen molar-refractivity contribution in [2.45, 2.75) is 6.42 Å². The Morgan fingerprint density at radius 2 is 1.71 bits per heavy atom. The van der Waals surface area contributed by atoms with E-state index < -0.39 is 11.7 Å². The molecule has 1 aromatic carbocycles. The molecule has 0 aliphatic carbocycles. The van der Waals surface area contributed by atoms with Gasteiger partial charge in [0.05, 0.1) is 33.5 Å². The second kappa shape index (κ2) is 8.37. The van der Waals surface area contributed by atoms with E-state index in [0.717, 1.165) is 23.7 Å². The minimum Gasteiger partial charge on any atom is -0.429 e. The molecule has 0 unspecified atom stereocenters. The molecule has 0 fully saturated rings. The van der Waals surface area contributed by atoms with Crippen LogP contribution in [0.4, 0.5) is 4.39 Å². The number of hydrogen-bond donors (Lipinski definition) is 1. The zero-order valence-electron chi connectivity index (χ0n) is 15.8. The number of pyridine rings is 2. The SMILES string of the molecule is O=C(N=c1c(Cl)cn(O)cc1Cl)C(=O)c1cc(Cc2ccc(F)cc2)n2ccccc12. The topological polar surface area (TPSA) is 76.1 Å². The summed E-state index contributed by atoms with van der Waals surface area (Å²) >= 11 is 12.0. The molecule has 1 amide bonds. The van der Waals surface area contributed by atoms with Gasteiger partial charge in [0.15, 0.2) is 0 Å². The fraction of sp³-hybridized carbons (Fsp3) is 0.0455. The Hall–Kier alpha value is -3.42. The molecule has 0 aliphatic rings. The van der Waals surface area contributed by atoms with Gasteiger partial charge in [-0.3, -0.25) is 9.59 Å². The first kappa shape index (κ1) is 20.8. The lowest BCUT2D eigenvalue weighted by atomic mass is 10.1. The van der Waals surface area contributed by atoms with Gasteiger partial charge in [-0.05, 0) is 35.9 Å². The van der Waals surface area contributed by atoms with E-state index >= 15 is 0 Å². The quantitative estimate of drug-likeness (QED) is 0.281. The number of benzene rings is 1. The number of ketones is 1. The molecular weight excluding hydrogens is 444 g/mol. The van der Waals surface area contributed by atoms with Crippen LogP contribution in [-0.2, 0) is 11.2 Å². The van der Waals surface area contributed by atoms with Crippen LogP contribution >= 0.6 is 23.2 Å². The lowest BCUT2D eigenvalue weighted by molar-refractivity contribution is -0.114. The summed E-state index contributed by atoms with van der Waals surface area (Å²) in [6, 6.07) is 12.9. The third-order valence-corrected chi connectivity index (χ3v) is 5.20. The molecule has 0 bridgehead atoms. The highest BCUT2D eigenvalue weighted by molar-refractivity contribution is 6.45. The minimum atomic E-state index is -1.05. The molecule has 3 aromatic heterocycles. The van der Waals surface area contributed by atoms with Crippen LogP contribution in [0.3, 0.4) is 0 Å². The summed E-state index contributed by atoms with van der Waals surface area (Å²) in [6.45, 7) is 0. The number of Topliss-reactive ketones (excluding diaryl/α,β-unsaturated/α-hetero) is 1. The molecule has 156 valence electrons. The van der Waals surface area contributed by atoms with Gasteiger partial charge in [-0.1, -0.05) is 41.4 Å². The number of carbonyl (C=O) groups excluding carboxylic acids is 2. The van der Waals surface area contributed by atoms with Crippen LogP contribution in [-0.4, -0.2) is 26.0 Å². The van der Waals surface area contributed by atoms with Gasteiger partial charge in [0, 0.05) is 18.3 Å². The van der Waals surface area contributed by atoms with Crippen molar-refractivity contribution in [3.05, 3.63) is 105 Å². The molecule has 0 saturated carbocycles. The largest absolute Gasteiger partial charge is 0.429 e. The molecule has 4 aromatic rings. The normalized spacial score (nSPS) is 10.9. The molecule has 4 rings (SSSR count). The van der Waals surface area contributed by atoms with E-state index in [-0.39, 0.29) is 26.8 Å². The molecule has 31 heavy (non-hydrogen) atoms. The molecular formula is C22H14Cl2FN3O3. The molecule has 1 N–H and O–H groups in total. The molecule has 0 radical (unpaired) electrons. The highest BCUT2D eigenvalue weighted by Crippen LogP contribution is 2.21. The Balaban J connectivity index is 1.74. The predicted molar refractivity (Wildman–Crippen MR) is 113 cm³/mol. The smallest absolute Gasteiger partial charge is 0.318 e. The first-order chi connectivity index (χ1) is 14.8. The van der Waals surface area contributed by atoms with E-state index in [1.54, 1.807) is 47.0 Å². The van der Waals surface area contributed by atoms with Crippen molar-refractivity contribution in [2.24, 2.45) is 4.99 Å². The van der Waals surface area contributed by atoms with Crippen LogP contribution in [0.25, 0.3) is 5.52 Å². The van der Waals surface area contributed by atoms with E-state index in [0.29, 0.717) is 16.7 Å². The second-order valence-corrected chi connectivity index (χ2v) is 7.55. The third-order valence-electron chi connectivity index (χ3n) is 4.65. The molecule has 0 saturated heterocycles. The minimum absolute atomic E-state index is 0.0881. The number of nitrogens with zero attached hydrogens (tertiary/aromatic N) is 3. The van der Waals surface area contributed by atoms with Gasteiger partial charge in [0.1, 0.15) is 11.2 Å². The average molecular weight is 458 g/mol. The first-order valence-electron chi connectivity index (χ1n) is 9.07. The Morgan fingerprint density at radius 1 is 1.03 bits per heavy atom. The summed E-state index contributed by atoms with van der Waals surface area (Å²) in [4.78, 5) is 29.3. The summed E-state index contributed by atoms with van der Waals surface area (Å²) in [5.74, 6) is -2.22. The van der Waals surface area contributed by atoms with E-state index in [9.17, 15) is 19.2 Å². The number of rotatable bonds is 4. The highest BCUT2D eigenvalue weighted by atomic mass is 35.5. The van der Waals surface area contributed by atoms with Crippen LogP contribution < -0.4 is 5.36 Å². The lowest BCUT2D eigenvalue weighted by Crippen LogP contribution is -2.18.